The van der Waals surface area contributed by atoms with Crippen LogP contribution in [-0.4, -0.2) is 12.0 Å². The van der Waals surface area contributed by atoms with Crippen LogP contribution >= 0.6 is 11.6 Å². The van der Waals surface area contributed by atoms with Crippen LogP contribution in [0.2, 0.25) is 5.02 Å². The molecule has 0 bridgehead atoms. The van der Waals surface area contributed by atoms with Crippen molar-refractivity contribution in [2.45, 2.75) is 18.4 Å². The Morgan fingerprint density at radius 3 is 2.92 bits per heavy atom. The second kappa shape index (κ2) is 6.08. The normalized spacial score (nSPS) is 23.5. The summed E-state index contributed by atoms with van der Waals surface area (Å²) in [4.78, 5) is 11.0. The van der Waals surface area contributed by atoms with Crippen LogP contribution in [0.3, 0.4) is 0 Å². The molecule has 4 rings (SSSR count). The number of rotatable bonds is 3. The number of para-hydroxylation sites is 1. The van der Waals surface area contributed by atoms with Crippen LogP contribution in [0.4, 0.5) is 11.4 Å². The van der Waals surface area contributed by atoms with Gasteiger partial charge in [-0.3, -0.25) is 10.1 Å². The zero-order chi connectivity index (χ0) is 17.6. The quantitative estimate of drug-likeness (QED) is 0.473. The van der Waals surface area contributed by atoms with Crippen LogP contribution in [-0.2, 0) is 0 Å². The molecule has 6 heteroatoms. The van der Waals surface area contributed by atoms with E-state index in [1.807, 2.05) is 18.2 Å². The molecule has 0 unspecified atom stereocenters. The number of nitro groups is 1. The Balaban J connectivity index is 1.80. The van der Waals surface area contributed by atoms with Crippen molar-refractivity contribution in [2.24, 2.45) is 5.92 Å². The van der Waals surface area contributed by atoms with Gasteiger partial charge in [-0.15, -0.1) is 0 Å². The lowest BCUT2D eigenvalue weighted by molar-refractivity contribution is -0.385. The van der Waals surface area contributed by atoms with Gasteiger partial charge in [0.05, 0.1) is 28.8 Å². The summed E-state index contributed by atoms with van der Waals surface area (Å²) in [6, 6.07) is 11.0. The number of nitrogens with zero attached hydrogens (tertiary/aromatic N) is 1. The fourth-order valence-corrected chi connectivity index (χ4v) is 4.19. The molecule has 1 N–H and O–H groups in total. The van der Waals surface area contributed by atoms with Gasteiger partial charge in [-0.25, -0.2) is 0 Å². The predicted octanol–water partition coefficient (Wildman–Crippen LogP) is 5.08. The molecule has 1 heterocycles. The van der Waals surface area contributed by atoms with Gasteiger partial charge in [-0.1, -0.05) is 42.0 Å². The molecule has 3 atom stereocenters. The highest BCUT2D eigenvalue weighted by atomic mass is 35.5. The highest BCUT2D eigenvalue weighted by Gasteiger charge is 2.39. The standard InChI is InChI=1S/C19H17ClN2O3/c1-25-17-9-8-11(10-16(17)22(23)24)18-13-5-2-4-12(13)14-6-3-7-15(20)19(14)21-18/h2-4,6-10,12-13,18,21H,5H2,1H3/t12-,13-,18-/m1/s1. The van der Waals surface area contributed by atoms with Gasteiger partial charge in [0.25, 0.3) is 0 Å². The Kier molecular flexibility index (Phi) is 3.88. The van der Waals surface area contributed by atoms with E-state index in [4.69, 9.17) is 16.3 Å². The fraction of sp³-hybridized carbons (Fsp3) is 0.263. The van der Waals surface area contributed by atoms with Crippen LogP contribution in [0.15, 0.2) is 48.6 Å². The molecular weight excluding hydrogens is 340 g/mol. The van der Waals surface area contributed by atoms with Crippen LogP contribution in [0.1, 0.15) is 29.5 Å². The van der Waals surface area contributed by atoms with Crippen molar-refractivity contribution in [3.8, 4) is 5.75 Å². The number of halogens is 1. The number of ether oxygens (including phenoxy) is 1. The topological polar surface area (TPSA) is 64.4 Å². The molecule has 0 saturated carbocycles. The van der Waals surface area contributed by atoms with Gasteiger partial charge < -0.3 is 10.1 Å². The smallest absolute Gasteiger partial charge is 0.311 e. The van der Waals surface area contributed by atoms with Crippen molar-refractivity contribution in [1.29, 1.82) is 0 Å². The van der Waals surface area contributed by atoms with Gasteiger partial charge in [0.15, 0.2) is 5.75 Å². The van der Waals surface area contributed by atoms with Crippen molar-refractivity contribution >= 4 is 23.0 Å². The van der Waals surface area contributed by atoms with E-state index < -0.39 is 4.92 Å². The Labute approximate surface area is 150 Å². The van der Waals surface area contributed by atoms with E-state index in [0.717, 1.165) is 17.7 Å². The van der Waals surface area contributed by atoms with Gasteiger partial charge >= 0.3 is 5.69 Å². The minimum absolute atomic E-state index is 0.0192. The molecule has 0 fully saturated rings. The first-order chi connectivity index (χ1) is 12.1. The summed E-state index contributed by atoms with van der Waals surface area (Å²) in [5.41, 5.74) is 2.96. The molecule has 0 aromatic heterocycles. The largest absolute Gasteiger partial charge is 0.490 e. The minimum atomic E-state index is -0.406. The third kappa shape index (κ3) is 2.55. The molecule has 2 aromatic carbocycles. The number of methoxy groups -OCH3 is 1. The number of fused-ring (bicyclic) bond motifs is 3. The van der Waals surface area contributed by atoms with E-state index >= 15 is 0 Å². The average molecular weight is 357 g/mol. The predicted molar refractivity (Wildman–Crippen MR) is 97.5 cm³/mol. The molecule has 2 aromatic rings. The summed E-state index contributed by atoms with van der Waals surface area (Å²) in [5.74, 6) is 0.837. The average Bonchev–Trinajstić information content (AvgIpc) is 3.11. The van der Waals surface area contributed by atoms with E-state index in [9.17, 15) is 10.1 Å². The Morgan fingerprint density at radius 1 is 1.32 bits per heavy atom. The molecule has 0 saturated heterocycles. The number of hydrogen-bond acceptors (Lipinski definition) is 4. The molecule has 1 aliphatic carbocycles. The summed E-state index contributed by atoms with van der Waals surface area (Å²) in [5, 5.41) is 15.6. The third-order valence-corrected chi connectivity index (χ3v) is 5.42. The second-order valence-electron chi connectivity index (χ2n) is 6.37. The Bertz CT molecular complexity index is 881. The molecule has 0 amide bonds. The summed E-state index contributed by atoms with van der Waals surface area (Å²) in [6.07, 6.45) is 5.32. The minimum Gasteiger partial charge on any atom is -0.490 e. The van der Waals surface area contributed by atoms with Crippen LogP contribution in [0, 0.1) is 16.0 Å². The van der Waals surface area contributed by atoms with E-state index in [-0.39, 0.29) is 23.4 Å². The molecular formula is C19H17ClN2O3. The van der Waals surface area contributed by atoms with Gasteiger partial charge in [0.1, 0.15) is 0 Å². The van der Waals surface area contributed by atoms with Crippen molar-refractivity contribution in [3.05, 3.63) is 74.8 Å². The molecule has 128 valence electrons. The van der Waals surface area contributed by atoms with E-state index in [2.05, 4.69) is 23.5 Å². The second-order valence-corrected chi connectivity index (χ2v) is 6.78. The maximum absolute atomic E-state index is 11.4. The van der Waals surface area contributed by atoms with E-state index in [1.54, 1.807) is 12.1 Å². The highest BCUT2D eigenvalue weighted by molar-refractivity contribution is 6.33. The Hall–Kier alpha value is -2.53. The SMILES string of the molecule is COc1ccc([C@H]2Nc3c(Cl)cccc3[C@@H]3C=CC[C@@H]23)cc1[N+](=O)[O-]. The number of hydrogen-bond donors (Lipinski definition) is 1. The monoisotopic (exact) mass is 356 g/mol. The third-order valence-electron chi connectivity index (χ3n) is 5.10. The number of anilines is 1. The van der Waals surface area contributed by atoms with Crippen molar-refractivity contribution in [1.82, 2.24) is 0 Å². The zero-order valence-corrected chi connectivity index (χ0v) is 14.4. The Morgan fingerprint density at radius 2 is 2.16 bits per heavy atom. The number of benzene rings is 2. The van der Waals surface area contributed by atoms with E-state index in [1.165, 1.54) is 12.7 Å². The lowest BCUT2D eigenvalue weighted by atomic mass is 9.77. The summed E-state index contributed by atoms with van der Waals surface area (Å²) >= 11 is 6.40. The fourth-order valence-electron chi connectivity index (χ4n) is 3.96. The zero-order valence-electron chi connectivity index (χ0n) is 13.6. The van der Waals surface area contributed by atoms with Crippen molar-refractivity contribution < 1.29 is 9.66 Å². The molecule has 2 aliphatic rings. The maximum Gasteiger partial charge on any atom is 0.311 e. The van der Waals surface area contributed by atoms with Crippen LogP contribution < -0.4 is 10.1 Å². The molecule has 25 heavy (non-hydrogen) atoms. The van der Waals surface area contributed by atoms with Crippen molar-refractivity contribution in [2.75, 3.05) is 12.4 Å². The van der Waals surface area contributed by atoms with Gasteiger partial charge in [-0.2, -0.15) is 0 Å². The number of nitrogens with one attached hydrogen (secondary N) is 1. The maximum atomic E-state index is 11.4. The lowest BCUT2D eigenvalue weighted by Crippen LogP contribution is -2.29. The number of nitro benzene ring substituents is 1. The summed E-state index contributed by atoms with van der Waals surface area (Å²) in [6.45, 7) is 0. The van der Waals surface area contributed by atoms with Crippen LogP contribution in [0.5, 0.6) is 5.75 Å². The number of allylic oxidation sites excluding steroid dienone is 2. The molecule has 0 spiro atoms. The molecule has 1 aliphatic heterocycles. The lowest BCUT2D eigenvalue weighted by Gasteiger charge is -2.37. The first-order valence-electron chi connectivity index (χ1n) is 8.14. The first-order valence-corrected chi connectivity index (χ1v) is 8.52. The van der Waals surface area contributed by atoms with Crippen LogP contribution in [0.25, 0.3) is 0 Å². The summed E-state index contributed by atoms with van der Waals surface area (Å²) in [7, 11) is 1.44. The van der Waals surface area contributed by atoms with Gasteiger partial charge in [-0.05, 0) is 35.6 Å². The first kappa shape index (κ1) is 16.0. The molecule has 5 nitrogen and oxygen atoms in total. The van der Waals surface area contributed by atoms with Gasteiger partial charge in [0.2, 0.25) is 0 Å². The molecule has 0 radical (unpaired) electrons. The van der Waals surface area contributed by atoms with E-state index in [0.29, 0.717) is 10.9 Å². The van der Waals surface area contributed by atoms with Crippen molar-refractivity contribution in [3.63, 3.8) is 0 Å². The van der Waals surface area contributed by atoms with Gasteiger partial charge in [0, 0.05) is 12.0 Å². The highest BCUT2D eigenvalue weighted by Crippen LogP contribution is 2.51. The summed E-state index contributed by atoms with van der Waals surface area (Å²) < 4.78 is 5.12.